The van der Waals surface area contributed by atoms with Crippen molar-refractivity contribution in [1.82, 2.24) is 15.6 Å². The number of carbonyl (C=O) groups excluding carboxylic acids is 2. The van der Waals surface area contributed by atoms with E-state index in [-0.39, 0.29) is 30.5 Å². The summed E-state index contributed by atoms with van der Waals surface area (Å²) in [4.78, 5) is 29.4. The molecule has 1 saturated carbocycles. The predicted molar refractivity (Wildman–Crippen MR) is 123 cm³/mol. The van der Waals surface area contributed by atoms with Gasteiger partial charge in [0.15, 0.2) is 0 Å². The lowest BCUT2D eigenvalue weighted by Crippen LogP contribution is -2.26. The van der Waals surface area contributed by atoms with Crippen LogP contribution in [-0.2, 0) is 17.8 Å². The molecule has 0 saturated heterocycles. The summed E-state index contributed by atoms with van der Waals surface area (Å²) in [5, 5.41) is 5.81. The molecule has 3 aromatic rings. The number of hydrogen-bond acceptors (Lipinski definition) is 4. The molecule has 0 atom stereocenters. The van der Waals surface area contributed by atoms with E-state index in [0.717, 1.165) is 29.5 Å². The summed E-state index contributed by atoms with van der Waals surface area (Å²) in [6, 6.07) is 14.2. The summed E-state index contributed by atoms with van der Waals surface area (Å²) in [5.74, 6) is -0.232. The largest absolute Gasteiger partial charge is 0.573 e. The van der Waals surface area contributed by atoms with Gasteiger partial charge in [-0.3, -0.25) is 14.6 Å². The smallest absolute Gasteiger partial charge is 0.406 e. The summed E-state index contributed by atoms with van der Waals surface area (Å²) in [6.45, 7) is 0.838. The van der Waals surface area contributed by atoms with Crippen molar-refractivity contribution < 1.29 is 27.5 Å². The Labute approximate surface area is 200 Å². The first-order valence-corrected chi connectivity index (χ1v) is 11.2. The van der Waals surface area contributed by atoms with Crippen LogP contribution < -0.4 is 15.4 Å². The Bertz CT molecular complexity index is 1190. The second kappa shape index (κ2) is 10.6. The number of aromatic nitrogens is 1. The fourth-order valence-corrected chi connectivity index (χ4v) is 3.65. The van der Waals surface area contributed by atoms with Gasteiger partial charge in [-0.15, -0.1) is 13.2 Å². The van der Waals surface area contributed by atoms with Gasteiger partial charge >= 0.3 is 6.36 Å². The van der Waals surface area contributed by atoms with Gasteiger partial charge in [0.25, 0.3) is 5.91 Å². The topological polar surface area (TPSA) is 80.3 Å². The molecular weight excluding hydrogens is 459 g/mol. The molecule has 2 N–H and O–H groups in total. The molecule has 0 radical (unpaired) electrons. The predicted octanol–water partition coefficient (Wildman–Crippen LogP) is 4.65. The number of pyridine rings is 1. The molecule has 35 heavy (non-hydrogen) atoms. The van der Waals surface area contributed by atoms with Gasteiger partial charge < -0.3 is 15.4 Å². The Hall–Kier alpha value is -3.88. The quantitative estimate of drug-likeness (QED) is 0.465. The monoisotopic (exact) mass is 483 g/mol. The van der Waals surface area contributed by atoms with E-state index < -0.39 is 6.36 Å². The number of halogens is 3. The van der Waals surface area contributed by atoms with E-state index in [1.165, 1.54) is 24.3 Å². The van der Waals surface area contributed by atoms with Crippen molar-refractivity contribution in [3.8, 4) is 16.9 Å². The first-order chi connectivity index (χ1) is 16.8. The number of alkyl halides is 3. The Balaban J connectivity index is 1.41. The zero-order valence-corrected chi connectivity index (χ0v) is 18.8. The number of amides is 2. The number of carbonyl (C=O) groups is 2. The molecule has 2 amide bonds. The zero-order chi connectivity index (χ0) is 24.8. The molecule has 0 spiro atoms. The number of rotatable bonds is 9. The van der Waals surface area contributed by atoms with Crippen LogP contribution in [0.25, 0.3) is 11.1 Å². The van der Waals surface area contributed by atoms with E-state index in [0.29, 0.717) is 23.6 Å². The van der Waals surface area contributed by atoms with E-state index in [9.17, 15) is 22.8 Å². The van der Waals surface area contributed by atoms with Crippen LogP contribution in [0.5, 0.6) is 5.75 Å². The molecular formula is C26H24F3N3O3. The lowest BCUT2D eigenvalue weighted by molar-refractivity contribution is -0.274. The molecule has 1 aromatic heterocycles. The van der Waals surface area contributed by atoms with Gasteiger partial charge in [-0.1, -0.05) is 30.3 Å². The summed E-state index contributed by atoms with van der Waals surface area (Å²) >= 11 is 0. The summed E-state index contributed by atoms with van der Waals surface area (Å²) in [7, 11) is 0. The minimum absolute atomic E-state index is 0.0119. The normalized spacial score (nSPS) is 13.2. The van der Waals surface area contributed by atoms with Crippen molar-refractivity contribution in [2.45, 2.75) is 32.2 Å². The van der Waals surface area contributed by atoms with Gasteiger partial charge in [-0.2, -0.15) is 0 Å². The number of nitrogens with zero attached hydrogens (tertiary/aromatic N) is 1. The number of nitrogens with one attached hydrogen (secondary N) is 2. The Morgan fingerprint density at radius 3 is 2.43 bits per heavy atom. The van der Waals surface area contributed by atoms with Gasteiger partial charge in [-0.25, -0.2) is 0 Å². The summed E-state index contributed by atoms with van der Waals surface area (Å²) < 4.78 is 40.7. The van der Waals surface area contributed by atoms with E-state index in [2.05, 4.69) is 20.4 Å². The average Bonchev–Trinajstić information content (AvgIpc) is 3.66. The molecule has 0 bridgehead atoms. The van der Waals surface area contributed by atoms with Gasteiger partial charge in [0.2, 0.25) is 5.91 Å². The molecule has 1 aliphatic rings. The van der Waals surface area contributed by atoms with Crippen molar-refractivity contribution >= 4 is 11.8 Å². The SMILES string of the molecule is O=C(Cc1ccc(OC(F)(F)F)cc1)NCc1cnccc1-c1ccccc1C(=O)NCC1CC1. The van der Waals surface area contributed by atoms with Gasteiger partial charge in [0.05, 0.1) is 6.42 Å². The first-order valence-electron chi connectivity index (χ1n) is 11.2. The summed E-state index contributed by atoms with van der Waals surface area (Å²) in [5.41, 5.74) is 3.35. The molecule has 1 fully saturated rings. The maximum Gasteiger partial charge on any atom is 0.573 e. The van der Waals surface area contributed by atoms with Gasteiger partial charge in [0.1, 0.15) is 5.75 Å². The highest BCUT2D eigenvalue weighted by atomic mass is 19.4. The number of benzene rings is 2. The average molecular weight is 483 g/mol. The van der Waals surface area contributed by atoms with Gasteiger partial charge in [-0.05, 0) is 65.3 Å². The molecule has 4 rings (SSSR count). The highest BCUT2D eigenvalue weighted by Gasteiger charge is 2.31. The van der Waals surface area contributed by atoms with Crippen molar-refractivity contribution in [2.75, 3.05) is 6.54 Å². The van der Waals surface area contributed by atoms with Crippen LogP contribution in [0.3, 0.4) is 0 Å². The molecule has 182 valence electrons. The molecule has 2 aromatic carbocycles. The van der Waals surface area contributed by atoms with E-state index >= 15 is 0 Å². The fourth-order valence-electron chi connectivity index (χ4n) is 3.65. The lowest BCUT2D eigenvalue weighted by atomic mass is 9.96. The Morgan fingerprint density at radius 1 is 0.971 bits per heavy atom. The van der Waals surface area contributed by atoms with E-state index in [1.807, 2.05) is 18.2 Å². The molecule has 0 unspecified atom stereocenters. The van der Waals surface area contributed by atoms with Crippen LogP contribution >= 0.6 is 0 Å². The fraction of sp³-hybridized carbons (Fsp3) is 0.269. The number of ether oxygens (including phenoxy) is 1. The third-order valence-electron chi connectivity index (χ3n) is 5.61. The lowest BCUT2D eigenvalue weighted by Gasteiger charge is -2.14. The van der Waals surface area contributed by atoms with E-state index in [1.54, 1.807) is 24.5 Å². The molecule has 9 heteroatoms. The van der Waals surface area contributed by atoms with Crippen molar-refractivity contribution in [3.05, 3.63) is 83.7 Å². The Kier molecular flexibility index (Phi) is 7.33. The van der Waals surface area contributed by atoms with Crippen molar-refractivity contribution in [1.29, 1.82) is 0 Å². The van der Waals surface area contributed by atoms with Crippen molar-refractivity contribution in [3.63, 3.8) is 0 Å². The molecule has 1 aliphatic carbocycles. The second-order valence-corrected chi connectivity index (χ2v) is 8.38. The second-order valence-electron chi connectivity index (χ2n) is 8.38. The van der Waals surface area contributed by atoms with Gasteiger partial charge in [0, 0.05) is 31.0 Å². The molecule has 0 aliphatic heterocycles. The zero-order valence-electron chi connectivity index (χ0n) is 18.8. The third-order valence-corrected chi connectivity index (χ3v) is 5.61. The maximum absolute atomic E-state index is 12.8. The van der Waals surface area contributed by atoms with Crippen LogP contribution in [-0.4, -0.2) is 29.7 Å². The maximum atomic E-state index is 12.8. The number of hydrogen-bond donors (Lipinski definition) is 2. The molecule has 6 nitrogen and oxygen atoms in total. The highest BCUT2D eigenvalue weighted by Crippen LogP contribution is 2.29. The van der Waals surface area contributed by atoms with Crippen LogP contribution in [0.2, 0.25) is 0 Å². The molecule has 1 heterocycles. The minimum Gasteiger partial charge on any atom is -0.406 e. The van der Waals surface area contributed by atoms with Crippen LogP contribution in [0.4, 0.5) is 13.2 Å². The minimum atomic E-state index is -4.77. The van der Waals surface area contributed by atoms with Crippen LogP contribution in [0.1, 0.15) is 34.3 Å². The first kappa shape index (κ1) is 24.3. The summed E-state index contributed by atoms with van der Waals surface area (Å²) in [6.07, 6.45) is 0.768. The third kappa shape index (κ3) is 7.05. The van der Waals surface area contributed by atoms with E-state index in [4.69, 9.17) is 0 Å². The highest BCUT2D eigenvalue weighted by molar-refractivity contribution is 6.01. The van der Waals surface area contributed by atoms with Crippen molar-refractivity contribution in [2.24, 2.45) is 5.92 Å². The Morgan fingerprint density at radius 2 is 1.71 bits per heavy atom. The van der Waals surface area contributed by atoms with Crippen LogP contribution in [0, 0.1) is 5.92 Å². The van der Waals surface area contributed by atoms with Crippen LogP contribution in [0.15, 0.2) is 67.0 Å². The standard InChI is InChI=1S/C26H24F3N3O3/c27-26(28,29)35-20-9-7-17(8-10-20)13-24(33)31-16-19-15-30-12-11-21(19)22-3-1-2-4-23(22)25(34)32-14-18-5-6-18/h1-4,7-12,15,18H,5-6,13-14,16H2,(H,31,33)(H,32,34).